The molecule has 2 amide bonds. The first-order valence-electron chi connectivity index (χ1n) is 9.94. The maximum Gasteiger partial charge on any atom is 0.398 e. The standard InChI is InChI=1S/C21H20F3N3O6S/c1-3-31-19(29)15-13(26-20(30)27-16(15)14-7-6-11(2)33-14)9-32-18(28)12-5-4-8-25-17(12)34-10-21(22,23)24/h4-8,16H,3,9-10H2,1-2H3,(H2,26,27,30). The number of rotatable bonds is 8. The Bertz CT molecular complexity index is 1120. The summed E-state index contributed by atoms with van der Waals surface area (Å²) in [5.74, 6) is -2.19. The molecule has 0 aromatic carbocycles. The third-order valence-corrected chi connectivity index (χ3v) is 5.48. The van der Waals surface area contributed by atoms with Gasteiger partial charge in [0, 0.05) is 6.20 Å². The molecule has 34 heavy (non-hydrogen) atoms. The van der Waals surface area contributed by atoms with Crippen LogP contribution in [0.1, 0.15) is 34.8 Å². The van der Waals surface area contributed by atoms with Crippen LogP contribution in [0.25, 0.3) is 0 Å². The lowest BCUT2D eigenvalue weighted by molar-refractivity contribution is -0.139. The zero-order chi connectivity index (χ0) is 24.9. The molecule has 0 radical (unpaired) electrons. The van der Waals surface area contributed by atoms with Crippen LogP contribution in [-0.4, -0.2) is 48.1 Å². The zero-order valence-electron chi connectivity index (χ0n) is 18.0. The van der Waals surface area contributed by atoms with Gasteiger partial charge in [0.25, 0.3) is 0 Å². The van der Waals surface area contributed by atoms with Crippen LogP contribution in [-0.2, 0) is 14.3 Å². The monoisotopic (exact) mass is 499 g/mol. The number of furan rings is 1. The minimum absolute atomic E-state index is 0.0403. The molecule has 182 valence electrons. The summed E-state index contributed by atoms with van der Waals surface area (Å²) in [6.07, 6.45) is -3.21. The van der Waals surface area contributed by atoms with Crippen LogP contribution in [0.2, 0.25) is 0 Å². The van der Waals surface area contributed by atoms with Crippen molar-refractivity contribution < 1.29 is 41.4 Å². The van der Waals surface area contributed by atoms with Crippen molar-refractivity contribution in [2.45, 2.75) is 31.1 Å². The number of hydrogen-bond acceptors (Lipinski definition) is 8. The second-order valence-electron chi connectivity index (χ2n) is 6.93. The van der Waals surface area contributed by atoms with Gasteiger partial charge in [-0.2, -0.15) is 13.2 Å². The van der Waals surface area contributed by atoms with Gasteiger partial charge in [0.05, 0.1) is 29.2 Å². The maximum atomic E-state index is 12.7. The Morgan fingerprint density at radius 3 is 2.62 bits per heavy atom. The first-order chi connectivity index (χ1) is 16.1. The number of amides is 2. The lowest BCUT2D eigenvalue weighted by Crippen LogP contribution is -2.47. The van der Waals surface area contributed by atoms with E-state index in [2.05, 4.69) is 15.6 Å². The van der Waals surface area contributed by atoms with Gasteiger partial charge in [0.1, 0.15) is 29.2 Å². The number of alkyl halides is 3. The topological polar surface area (TPSA) is 120 Å². The fraction of sp³-hybridized carbons (Fsp3) is 0.333. The molecule has 1 aliphatic rings. The maximum absolute atomic E-state index is 12.7. The van der Waals surface area contributed by atoms with E-state index in [-0.39, 0.29) is 34.2 Å². The molecule has 0 saturated carbocycles. The third kappa shape index (κ3) is 6.31. The van der Waals surface area contributed by atoms with E-state index in [1.807, 2.05) is 0 Å². The van der Waals surface area contributed by atoms with E-state index in [1.165, 1.54) is 18.3 Å². The van der Waals surface area contributed by atoms with Crippen molar-refractivity contribution in [3.63, 3.8) is 0 Å². The van der Waals surface area contributed by atoms with Crippen LogP contribution < -0.4 is 10.6 Å². The van der Waals surface area contributed by atoms with Crippen molar-refractivity contribution in [3.8, 4) is 0 Å². The number of hydrogen-bond donors (Lipinski definition) is 2. The van der Waals surface area contributed by atoms with Crippen molar-refractivity contribution in [3.05, 3.63) is 58.8 Å². The molecular weight excluding hydrogens is 479 g/mol. The third-order valence-electron chi connectivity index (χ3n) is 4.41. The van der Waals surface area contributed by atoms with Crippen LogP contribution in [0.4, 0.5) is 18.0 Å². The van der Waals surface area contributed by atoms with Gasteiger partial charge in [-0.3, -0.25) is 0 Å². The quantitative estimate of drug-likeness (QED) is 0.417. The van der Waals surface area contributed by atoms with E-state index in [0.29, 0.717) is 17.5 Å². The van der Waals surface area contributed by atoms with Crippen molar-refractivity contribution >= 4 is 29.7 Å². The van der Waals surface area contributed by atoms with Gasteiger partial charge in [-0.15, -0.1) is 0 Å². The number of aryl methyl sites for hydroxylation is 1. The Labute approximate surface area is 196 Å². The molecule has 3 rings (SSSR count). The van der Waals surface area contributed by atoms with Crippen LogP contribution >= 0.6 is 11.8 Å². The Balaban J connectivity index is 1.86. The van der Waals surface area contributed by atoms with E-state index in [0.717, 1.165) is 0 Å². The minimum Gasteiger partial charge on any atom is -0.464 e. The van der Waals surface area contributed by atoms with E-state index in [4.69, 9.17) is 13.9 Å². The number of pyridine rings is 1. The Kier molecular flexibility index (Phi) is 7.87. The molecule has 2 aromatic heterocycles. The van der Waals surface area contributed by atoms with Gasteiger partial charge in [-0.25, -0.2) is 19.4 Å². The van der Waals surface area contributed by atoms with Crippen molar-refractivity contribution in [2.75, 3.05) is 19.0 Å². The van der Waals surface area contributed by atoms with Crippen LogP contribution in [0.15, 0.2) is 51.2 Å². The molecule has 0 saturated heterocycles. The number of thioether (sulfide) groups is 1. The average Bonchev–Trinajstić information content (AvgIpc) is 3.21. The lowest BCUT2D eigenvalue weighted by atomic mass is 10.0. The van der Waals surface area contributed by atoms with Gasteiger partial charge in [0.15, 0.2) is 0 Å². The van der Waals surface area contributed by atoms with Gasteiger partial charge < -0.3 is 24.5 Å². The highest BCUT2D eigenvalue weighted by Crippen LogP contribution is 2.30. The fourth-order valence-corrected chi connectivity index (χ4v) is 3.77. The second kappa shape index (κ2) is 10.6. The van der Waals surface area contributed by atoms with Gasteiger partial charge in [0.2, 0.25) is 0 Å². The largest absolute Gasteiger partial charge is 0.464 e. The zero-order valence-corrected chi connectivity index (χ0v) is 18.8. The van der Waals surface area contributed by atoms with Crippen LogP contribution in [0, 0.1) is 6.92 Å². The molecule has 2 aromatic rings. The number of carbonyl (C=O) groups excluding carboxylic acids is 3. The highest BCUT2D eigenvalue weighted by molar-refractivity contribution is 7.99. The Morgan fingerprint density at radius 2 is 1.97 bits per heavy atom. The number of nitrogens with one attached hydrogen (secondary N) is 2. The Hall–Kier alpha value is -3.48. The number of carbonyl (C=O) groups is 3. The summed E-state index contributed by atoms with van der Waals surface area (Å²) in [5, 5.41) is 4.82. The summed E-state index contributed by atoms with van der Waals surface area (Å²) in [7, 11) is 0. The normalized spacial score (nSPS) is 16.0. The molecule has 1 unspecified atom stereocenters. The Morgan fingerprint density at radius 1 is 1.21 bits per heavy atom. The molecule has 13 heteroatoms. The highest BCUT2D eigenvalue weighted by Gasteiger charge is 2.36. The fourth-order valence-electron chi connectivity index (χ4n) is 3.03. The predicted molar refractivity (Wildman–Crippen MR) is 113 cm³/mol. The highest BCUT2D eigenvalue weighted by atomic mass is 32.2. The van der Waals surface area contributed by atoms with E-state index < -0.39 is 42.5 Å². The number of ether oxygens (including phenoxy) is 2. The SMILES string of the molecule is CCOC(=O)C1=C(COC(=O)c2cccnc2SCC(F)(F)F)NC(=O)NC1c1ccc(C)o1. The molecule has 9 nitrogen and oxygen atoms in total. The first-order valence-corrected chi connectivity index (χ1v) is 10.9. The van der Waals surface area contributed by atoms with Gasteiger partial charge in [-0.1, -0.05) is 11.8 Å². The van der Waals surface area contributed by atoms with Crippen molar-refractivity contribution in [1.29, 1.82) is 0 Å². The number of urea groups is 1. The van der Waals surface area contributed by atoms with Gasteiger partial charge in [-0.05, 0) is 38.1 Å². The van der Waals surface area contributed by atoms with Crippen molar-refractivity contribution in [2.24, 2.45) is 0 Å². The van der Waals surface area contributed by atoms with E-state index >= 15 is 0 Å². The van der Waals surface area contributed by atoms with Crippen LogP contribution in [0.3, 0.4) is 0 Å². The summed E-state index contributed by atoms with van der Waals surface area (Å²) in [6, 6.07) is 4.18. The number of esters is 2. The number of halogens is 3. The summed E-state index contributed by atoms with van der Waals surface area (Å²) < 4.78 is 53.6. The van der Waals surface area contributed by atoms with E-state index in [1.54, 1.807) is 26.0 Å². The molecule has 1 aliphatic heterocycles. The summed E-state index contributed by atoms with van der Waals surface area (Å²) >= 11 is 0.341. The second-order valence-corrected chi connectivity index (χ2v) is 7.89. The molecule has 0 aliphatic carbocycles. The summed E-state index contributed by atoms with van der Waals surface area (Å²) in [4.78, 5) is 41.4. The van der Waals surface area contributed by atoms with E-state index in [9.17, 15) is 27.6 Å². The molecule has 2 N–H and O–H groups in total. The smallest absolute Gasteiger partial charge is 0.398 e. The molecular formula is C21H20F3N3O6S. The predicted octanol–water partition coefficient (Wildman–Crippen LogP) is 3.67. The van der Waals surface area contributed by atoms with Gasteiger partial charge >= 0.3 is 24.1 Å². The van der Waals surface area contributed by atoms with Crippen LogP contribution in [0.5, 0.6) is 0 Å². The minimum atomic E-state index is -4.46. The molecule has 0 spiro atoms. The summed E-state index contributed by atoms with van der Waals surface area (Å²) in [6.45, 7) is 2.77. The number of aromatic nitrogens is 1. The molecule has 0 fully saturated rings. The lowest BCUT2D eigenvalue weighted by Gasteiger charge is -2.27. The first kappa shape index (κ1) is 25.1. The molecule has 3 heterocycles. The molecule has 0 bridgehead atoms. The summed E-state index contributed by atoms with van der Waals surface area (Å²) in [5.41, 5.74) is -0.280. The molecule has 1 atom stereocenters. The van der Waals surface area contributed by atoms with Crippen molar-refractivity contribution in [1.82, 2.24) is 15.6 Å². The average molecular weight is 499 g/mol. The number of nitrogens with zero attached hydrogens (tertiary/aromatic N) is 1.